The molecule has 1 N–H and O–H groups in total. The number of anilines is 1. The topological polar surface area (TPSA) is 60.1 Å². The highest BCUT2D eigenvalue weighted by Crippen LogP contribution is 2.08. The number of benzene rings is 1. The second kappa shape index (κ2) is 5.62. The number of hydrogen-bond donors (Lipinski definition) is 1. The molecule has 6 heteroatoms. The molecule has 3 aromatic rings. The third-order valence-corrected chi connectivity index (χ3v) is 2.96. The summed E-state index contributed by atoms with van der Waals surface area (Å²) in [5.41, 5.74) is 0.264. The van der Waals surface area contributed by atoms with Gasteiger partial charge in [-0.15, -0.1) is 0 Å². The summed E-state index contributed by atoms with van der Waals surface area (Å²) in [5, 5.41) is 2.92. The van der Waals surface area contributed by atoms with E-state index < -0.39 is 0 Å². The molecule has 0 atom stereocenters. The lowest BCUT2D eigenvalue weighted by Crippen LogP contribution is -2.22. The molecule has 1 aromatic carbocycles. The molecule has 0 bridgehead atoms. The smallest absolute Gasteiger partial charge is 0.297 e. The summed E-state index contributed by atoms with van der Waals surface area (Å²) in [7, 11) is 0. The van der Waals surface area contributed by atoms with Crippen molar-refractivity contribution in [3.63, 3.8) is 0 Å². The molecule has 0 aliphatic rings. The Hall–Kier alpha value is -2.89. The van der Waals surface area contributed by atoms with E-state index in [-0.39, 0.29) is 17.2 Å². The van der Waals surface area contributed by atoms with Gasteiger partial charge in [-0.25, -0.2) is 9.37 Å². The van der Waals surface area contributed by atoms with Crippen LogP contribution < -0.4 is 10.9 Å². The summed E-state index contributed by atoms with van der Waals surface area (Å²) in [6.45, 7) is 0.364. The van der Waals surface area contributed by atoms with Gasteiger partial charge in [-0.3, -0.25) is 9.36 Å². The molecule has 0 aliphatic carbocycles. The predicted octanol–water partition coefficient (Wildman–Crippen LogP) is 2.58. The number of rotatable bonds is 4. The van der Waals surface area contributed by atoms with Crippen molar-refractivity contribution in [3.8, 4) is 5.69 Å². The second-order valence-electron chi connectivity index (χ2n) is 4.36. The molecule has 0 saturated carbocycles. The fourth-order valence-corrected chi connectivity index (χ4v) is 1.92. The lowest BCUT2D eigenvalue weighted by atomic mass is 10.3. The number of nitrogens with one attached hydrogen (secondary N) is 1. The number of nitrogens with zero attached hydrogens (tertiary/aromatic N) is 2. The van der Waals surface area contributed by atoms with Crippen LogP contribution in [0.4, 0.5) is 10.2 Å². The summed E-state index contributed by atoms with van der Waals surface area (Å²) >= 11 is 0. The zero-order chi connectivity index (χ0) is 14.7. The van der Waals surface area contributed by atoms with E-state index in [9.17, 15) is 9.18 Å². The van der Waals surface area contributed by atoms with Crippen LogP contribution in [0.25, 0.3) is 5.69 Å². The zero-order valence-electron chi connectivity index (χ0n) is 11.0. The lowest BCUT2D eigenvalue weighted by Gasteiger charge is -2.08. The van der Waals surface area contributed by atoms with Crippen LogP contribution in [0.5, 0.6) is 0 Å². The van der Waals surface area contributed by atoms with Crippen molar-refractivity contribution in [1.29, 1.82) is 0 Å². The van der Waals surface area contributed by atoms with E-state index in [0.29, 0.717) is 18.0 Å². The molecule has 0 spiro atoms. The Bertz CT molecular complexity index is 779. The molecule has 21 heavy (non-hydrogen) atoms. The van der Waals surface area contributed by atoms with E-state index in [4.69, 9.17) is 4.42 Å². The molecule has 5 nitrogen and oxygen atoms in total. The van der Waals surface area contributed by atoms with E-state index in [1.165, 1.54) is 41.2 Å². The molecule has 2 heterocycles. The molecule has 106 valence electrons. The Labute approximate surface area is 119 Å². The van der Waals surface area contributed by atoms with E-state index in [1.54, 1.807) is 18.4 Å². The second-order valence-corrected chi connectivity index (χ2v) is 4.36. The van der Waals surface area contributed by atoms with E-state index in [2.05, 4.69) is 10.3 Å². The summed E-state index contributed by atoms with van der Waals surface area (Å²) in [6, 6.07) is 9.25. The largest absolute Gasteiger partial charge is 0.467 e. The van der Waals surface area contributed by atoms with Crippen molar-refractivity contribution in [3.05, 3.63) is 77.0 Å². The first kappa shape index (κ1) is 13.1. The van der Waals surface area contributed by atoms with Crippen molar-refractivity contribution < 1.29 is 8.81 Å². The zero-order valence-corrected chi connectivity index (χ0v) is 11.0. The van der Waals surface area contributed by atoms with Gasteiger partial charge in [-0.05, 0) is 36.4 Å². The Morgan fingerprint density at radius 1 is 1.24 bits per heavy atom. The van der Waals surface area contributed by atoms with Gasteiger partial charge in [0.2, 0.25) is 0 Å². The molecular weight excluding hydrogens is 273 g/mol. The third-order valence-electron chi connectivity index (χ3n) is 2.96. The quantitative estimate of drug-likeness (QED) is 0.800. The molecule has 0 amide bonds. The van der Waals surface area contributed by atoms with E-state index in [1.807, 2.05) is 0 Å². The van der Waals surface area contributed by atoms with E-state index >= 15 is 0 Å². The lowest BCUT2D eigenvalue weighted by molar-refractivity contribution is 0.517. The first-order chi connectivity index (χ1) is 10.2. The SMILES string of the molecule is O=c1c(NCc2ccco2)nccn1-c1ccc(F)cc1. The van der Waals surface area contributed by atoms with Crippen LogP contribution in [-0.4, -0.2) is 9.55 Å². The van der Waals surface area contributed by atoms with Crippen LogP contribution >= 0.6 is 0 Å². The highest BCUT2D eigenvalue weighted by Gasteiger charge is 2.07. The number of hydrogen-bond acceptors (Lipinski definition) is 4. The van der Waals surface area contributed by atoms with E-state index in [0.717, 1.165) is 0 Å². The van der Waals surface area contributed by atoms with Gasteiger partial charge in [0.25, 0.3) is 5.56 Å². The van der Waals surface area contributed by atoms with Crippen LogP contribution in [-0.2, 0) is 6.54 Å². The maximum absolute atomic E-state index is 12.9. The summed E-state index contributed by atoms with van der Waals surface area (Å²) in [4.78, 5) is 16.3. The van der Waals surface area contributed by atoms with Crippen LogP contribution in [0.15, 0.2) is 64.3 Å². The Balaban J connectivity index is 1.88. The van der Waals surface area contributed by atoms with Crippen LogP contribution in [0, 0.1) is 5.82 Å². The van der Waals surface area contributed by atoms with Crippen molar-refractivity contribution in [2.75, 3.05) is 5.32 Å². The van der Waals surface area contributed by atoms with Crippen molar-refractivity contribution in [2.24, 2.45) is 0 Å². The van der Waals surface area contributed by atoms with Gasteiger partial charge in [0.15, 0.2) is 5.82 Å². The van der Waals surface area contributed by atoms with Crippen LogP contribution in [0.1, 0.15) is 5.76 Å². The van der Waals surface area contributed by atoms with Gasteiger partial charge in [-0.2, -0.15) is 0 Å². The standard InChI is InChI=1S/C15H12FN3O2/c16-11-3-5-12(6-4-11)19-8-7-17-14(15(19)20)18-10-13-2-1-9-21-13/h1-9H,10H2,(H,17,18). The maximum atomic E-state index is 12.9. The summed E-state index contributed by atoms with van der Waals surface area (Å²) in [5.74, 6) is 0.559. The molecule has 0 aliphatic heterocycles. The minimum absolute atomic E-state index is 0.207. The molecule has 0 radical (unpaired) electrons. The van der Waals surface area contributed by atoms with Crippen molar-refractivity contribution >= 4 is 5.82 Å². The summed E-state index contributed by atoms with van der Waals surface area (Å²) in [6.07, 6.45) is 4.61. The fraction of sp³-hybridized carbons (Fsp3) is 0.0667. The number of aromatic nitrogens is 2. The van der Waals surface area contributed by atoms with Crippen LogP contribution in [0.3, 0.4) is 0 Å². The Kier molecular flexibility index (Phi) is 3.51. The van der Waals surface area contributed by atoms with Gasteiger partial charge in [0.1, 0.15) is 11.6 Å². The predicted molar refractivity (Wildman–Crippen MR) is 75.8 cm³/mol. The first-order valence-corrected chi connectivity index (χ1v) is 6.34. The molecule has 0 fully saturated rings. The maximum Gasteiger partial charge on any atom is 0.297 e. The average Bonchev–Trinajstić information content (AvgIpc) is 3.01. The normalized spacial score (nSPS) is 10.5. The molecule has 3 rings (SSSR count). The first-order valence-electron chi connectivity index (χ1n) is 6.34. The van der Waals surface area contributed by atoms with Crippen LogP contribution in [0.2, 0.25) is 0 Å². The average molecular weight is 285 g/mol. The minimum Gasteiger partial charge on any atom is -0.467 e. The van der Waals surface area contributed by atoms with Crippen molar-refractivity contribution in [2.45, 2.75) is 6.54 Å². The molecular formula is C15H12FN3O2. The molecule has 2 aromatic heterocycles. The van der Waals surface area contributed by atoms with Gasteiger partial charge in [0.05, 0.1) is 12.8 Å². The number of furan rings is 1. The fourth-order valence-electron chi connectivity index (χ4n) is 1.92. The molecule has 0 unspecified atom stereocenters. The highest BCUT2D eigenvalue weighted by atomic mass is 19.1. The van der Waals surface area contributed by atoms with Gasteiger partial charge >= 0.3 is 0 Å². The minimum atomic E-state index is -0.350. The third kappa shape index (κ3) is 2.84. The summed E-state index contributed by atoms with van der Waals surface area (Å²) < 4.78 is 19.5. The monoisotopic (exact) mass is 285 g/mol. The van der Waals surface area contributed by atoms with Gasteiger partial charge in [0, 0.05) is 18.1 Å². The Morgan fingerprint density at radius 3 is 2.76 bits per heavy atom. The van der Waals surface area contributed by atoms with Crippen molar-refractivity contribution in [1.82, 2.24) is 9.55 Å². The van der Waals surface area contributed by atoms with Gasteiger partial charge < -0.3 is 9.73 Å². The highest BCUT2D eigenvalue weighted by molar-refractivity contribution is 5.38. The molecule has 0 saturated heterocycles. The van der Waals surface area contributed by atoms with Gasteiger partial charge in [-0.1, -0.05) is 0 Å². The number of halogens is 1. The Morgan fingerprint density at radius 2 is 2.05 bits per heavy atom.